The quantitative estimate of drug-likeness (QED) is 0.902. The molecule has 1 atom stereocenters. The first-order valence-electron chi connectivity index (χ1n) is 6.66. The van der Waals surface area contributed by atoms with E-state index in [-0.39, 0.29) is 6.04 Å². The van der Waals surface area contributed by atoms with Crippen molar-refractivity contribution in [3.05, 3.63) is 63.6 Å². The van der Waals surface area contributed by atoms with Crippen LogP contribution in [0, 0.1) is 6.92 Å². The standard InChI is InChI=1S/C16H15Cl2N3/c1-10-2-4-14(5-3-10)21-15(9-20-16(21)19)11-6-12(17)8-13(18)7-11/h2-8,15H,9H2,1H3,(H2,19,20). The average molecular weight is 320 g/mol. The zero-order valence-electron chi connectivity index (χ0n) is 11.6. The normalized spacial score (nSPS) is 18.0. The number of rotatable bonds is 2. The molecule has 3 rings (SSSR count). The monoisotopic (exact) mass is 319 g/mol. The first kappa shape index (κ1) is 14.2. The minimum atomic E-state index is 0.0175. The molecular formula is C16H15Cl2N3. The average Bonchev–Trinajstić information content (AvgIpc) is 2.80. The SMILES string of the molecule is Cc1ccc(N2C(N)=NCC2c2cc(Cl)cc(Cl)c2)cc1. The molecule has 2 aromatic rings. The summed E-state index contributed by atoms with van der Waals surface area (Å²) in [7, 11) is 0. The summed E-state index contributed by atoms with van der Waals surface area (Å²) in [6.45, 7) is 2.65. The van der Waals surface area contributed by atoms with E-state index in [1.165, 1.54) is 5.56 Å². The molecule has 0 aromatic heterocycles. The molecule has 0 spiro atoms. The van der Waals surface area contributed by atoms with Crippen molar-refractivity contribution >= 4 is 34.8 Å². The fourth-order valence-electron chi connectivity index (χ4n) is 2.54. The molecule has 5 heteroatoms. The van der Waals surface area contributed by atoms with E-state index >= 15 is 0 Å². The third-order valence-electron chi connectivity index (χ3n) is 3.57. The number of aryl methyl sites for hydroxylation is 1. The molecule has 1 aliphatic rings. The fourth-order valence-corrected chi connectivity index (χ4v) is 3.08. The van der Waals surface area contributed by atoms with E-state index in [0.717, 1.165) is 11.3 Å². The molecule has 0 radical (unpaired) electrons. The number of aliphatic imine (C=N–C) groups is 1. The predicted molar refractivity (Wildman–Crippen MR) is 89.4 cm³/mol. The van der Waals surface area contributed by atoms with Gasteiger partial charge in [0.05, 0.1) is 12.6 Å². The summed E-state index contributed by atoms with van der Waals surface area (Å²) in [6, 6.07) is 13.8. The van der Waals surface area contributed by atoms with Crippen LogP contribution in [0.4, 0.5) is 5.69 Å². The van der Waals surface area contributed by atoms with Gasteiger partial charge in [-0.1, -0.05) is 40.9 Å². The van der Waals surface area contributed by atoms with E-state index in [1.807, 2.05) is 29.2 Å². The molecular weight excluding hydrogens is 305 g/mol. The summed E-state index contributed by atoms with van der Waals surface area (Å²) in [5, 5.41) is 1.23. The lowest BCUT2D eigenvalue weighted by Crippen LogP contribution is -2.36. The Hall–Kier alpha value is -1.71. The number of anilines is 1. The Bertz CT molecular complexity index is 675. The van der Waals surface area contributed by atoms with Gasteiger partial charge in [0.25, 0.3) is 0 Å². The van der Waals surface area contributed by atoms with Crippen LogP contribution in [0.15, 0.2) is 47.5 Å². The van der Waals surface area contributed by atoms with E-state index in [0.29, 0.717) is 22.5 Å². The highest BCUT2D eigenvalue weighted by Gasteiger charge is 2.29. The van der Waals surface area contributed by atoms with Gasteiger partial charge in [0.1, 0.15) is 0 Å². The van der Waals surface area contributed by atoms with E-state index in [1.54, 1.807) is 6.07 Å². The molecule has 0 saturated carbocycles. The highest BCUT2D eigenvalue weighted by Crippen LogP contribution is 2.33. The van der Waals surface area contributed by atoms with Crippen LogP contribution in [-0.2, 0) is 0 Å². The Kier molecular flexibility index (Phi) is 3.79. The smallest absolute Gasteiger partial charge is 0.196 e. The van der Waals surface area contributed by atoms with Crippen LogP contribution >= 0.6 is 23.2 Å². The van der Waals surface area contributed by atoms with Crippen LogP contribution in [-0.4, -0.2) is 12.5 Å². The molecule has 1 unspecified atom stereocenters. The summed E-state index contributed by atoms with van der Waals surface area (Å²) in [6.07, 6.45) is 0. The second-order valence-electron chi connectivity index (χ2n) is 5.12. The van der Waals surface area contributed by atoms with Crippen LogP contribution in [0.3, 0.4) is 0 Å². The van der Waals surface area contributed by atoms with Crippen molar-refractivity contribution in [1.82, 2.24) is 0 Å². The molecule has 0 saturated heterocycles. The molecule has 2 aromatic carbocycles. The highest BCUT2D eigenvalue weighted by atomic mass is 35.5. The first-order valence-corrected chi connectivity index (χ1v) is 7.42. The van der Waals surface area contributed by atoms with Gasteiger partial charge in [-0.3, -0.25) is 4.99 Å². The fraction of sp³-hybridized carbons (Fsp3) is 0.188. The van der Waals surface area contributed by atoms with Crippen molar-refractivity contribution in [2.75, 3.05) is 11.4 Å². The molecule has 0 bridgehead atoms. The van der Waals surface area contributed by atoms with Gasteiger partial charge in [-0.2, -0.15) is 0 Å². The summed E-state index contributed by atoms with van der Waals surface area (Å²) < 4.78 is 0. The second kappa shape index (κ2) is 5.58. The lowest BCUT2D eigenvalue weighted by molar-refractivity contribution is 0.769. The van der Waals surface area contributed by atoms with Gasteiger partial charge >= 0.3 is 0 Å². The van der Waals surface area contributed by atoms with Crippen molar-refractivity contribution in [2.24, 2.45) is 10.7 Å². The topological polar surface area (TPSA) is 41.6 Å². The minimum absolute atomic E-state index is 0.0175. The van der Waals surface area contributed by atoms with E-state index in [4.69, 9.17) is 28.9 Å². The van der Waals surface area contributed by atoms with Gasteiger partial charge in [-0.15, -0.1) is 0 Å². The van der Waals surface area contributed by atoms with Gasteiger partial charge in [-0.05, 0) is 42.8 Å². The summed E-state index contributed by atoms with van der Waals surface area (Å²) in [5.41, 5.74) is 9.29. The van der Waals surface area contributed by atoms with Crippen molar-refractivity contribution < 1.29 is 0 Å². The third kappa shape index (κ3) is 2.85. The number of hydrogen-bond donors (Lipinski definition) is 1. The maximum Gasteiger partial charge on any atom is 0.196 e. The van der Waals surface area contributed by atoms with Crippen LogP contribution in [0.2, 0.25) is 10.0 Å². The van der Waals surface area contributed by atoms with E-state index in [9.17, 15) is 0 Å². The molecule has 0 amide bonds. The van der Waals surface area contributed by atoms with E-state index in [2.05, 4.69) is 24.0 Å². The zero-order chi connectivity index (χ0) is 15.0. The maximum atomic E-state index is 6.11. The third-order valence-corrected chi connectivity index (χ3v) is 4.00. The maximum absolute atomic E-state index is 6.11. The Balaban J connectivity index is 2.00. The Morgan fingerprint density at radius 3 is 2.33 bits per heavy atom. The number of nitrogens with zero attached hydrogens (tertiary/aromatic N) is 2. The van der Waals surface area contributed by atoms with Crippen molar-refractivity contribution in [1.29, 1.82) is 0 Å². The van der Waals surface area contributed by atoms with Crippen LogP contribution < -0.4 is 10.6 Å². The lowest BCUT2D eigenvalue weighted by atomic mass is 10.1. The summed E-state index contributed by atoms with van der Waals surface area (Å²) in [5.74, 6) is 0.514. The summed E-state index contributed by atoms with van der Waals surface area (Å²) in [4.78, 5) is 6.38. The number of halogens is 2. The Morgan fingerprint density at radius 1 is 1.10 bits per heavy atom. The van der Waals surface area contributed by atoms with Gasteiger partial charge < -0.3 is 10.6 Å². The zero-order valence-corrected chi connectivity index (χ0v) is 13.1. The highest BCUT2D eigenvalue weighted by molar-refractivity contribution is 6.34. The molecule has 3 nitrogen and oxygen atoms in total. The minimum Gasteiger partial charge on any atom is -0.369 e. The molecule has 2 N–H and O–H groups in total. The van der Waals surface area contributed by atoms with Crippen molar-refractivity contribution in [2.45, 2.75) is 13.0 Å². The Morgan fingerprint density at radius 2 is 1.71 bits per heavy atom. The molecule has 108 valence electrons. The molecule has 0 fully saturated rings. The van der Waals surface area contributed by atoms with Crippen molar-refractivity contribution in [3.63, 3.8) is 0 Å². The number of guanidine groups is 1. The molecule has 1 heterocycles. The molecule has 1 aliphatic heterocycles. The van der Waals surface area contributed by atoms with Crippen LogP contribution in [0.25, 0.3) is 0 Å². The largest absolute Gasteiger partial charge is 0.369 e. The van der Waals surface area contributed by atoms with E-state index < -0.39 is 0 Å². The van der Waals surface area contributed by atoms with Gasteiger partial charge in [-0.25, -0.2) is 0 Å². The molecule has 0 aliphatic carbocycles. The number of hydrogen-bond acceptors (Lipinski definition) is 3. The number of nitrogens with two attached hydrogens (primary N) is 1. The lowest BCUT2D eigenvalue weighted by Gasteiger charge is -2.27. The summed E-state index contributed by atoms with van der Waals surface area (Å²) >= 11 is 12.2. The predicted octanol–water partition coefficient (Wildman–Crippen LogP) is 4.18. The second-order valence-corrected chi connectivity index (χ2v) is 6.00. The van der Waals surface area contributed by atoms with Crippen molar-refractivity contribution in [3.8, 4) is 0 Å². The Labute approximate surface area is 134 Å². The van der Waals surface area contributed by atoms with Gasteiger partial charge in [0.2, 0.25) is 0 Å². The first-order chi connectivity index (χ1) is 10.0. The van der Waals surface area contributed by atoms with Gasteiger partial charge in [0, 0.05) is 15.7 Å². The molecule has 21 heavy (non-hydrogen) atoms. The number of benzene rings is 2. The van der Waals surface area contributed by atoms with Crippen LogP contribution in [0.1, 0.15) is 17.2 Å². The van der Waals surface area contributed by atoms with Gasteiger partial charge in [0.15, 0.2) is 5.96 Å². The van der Waals surface area contributed by atoms with Crippen LogP contribution in [0.5, 0.6) is 0 Å².